The van der Waals surface area contributed by atoms with Crippen LogP contribution in [-0.4, -0.2) is 18.7 Å². The van der Waals surface area contributed by atoms with Gasteiger partial charge in [-0.25, -0.2) is 0 Å². The second-order valence-corrected chi connectivity index (χ2v) is 4.29. The van der Waals surface area contributed by atoms with Crippen LogP contribution in [0.3, 0.4) is 0 Å². The number of aryl methyl sites for hydroxylation is 1. The first-order valence-corrected chi connectivity index (χ1v) is 5.49. The van der Waals surface area contributed by atoms with Crippen LogP contribution in [0, 0.1) is 13.8 Å². The Kier molecular flexibility index (Phi) is 3.96. The van der Waals surface area contributed by atoms with Crippen LogP contribution in [0.2, 0.25) is 0 Å². The summed E-state index contributed by atoms with van der Waals surface area (Å²) >= 11 is 3.40. The first-order valence-electron chi connectivity index (χ1n) is 4.70. The summed E-state index contributed by atoms with van der Waals surface area (Å²) in [6, 6.07) is 2.05. The highest BCUT2D eigenvalue weighted by Gasteiger charge is 2.09. The van der Waals surface area contributed by atoms with Crippen LogP contribution >= 0.6 is 15.9 Å². The van der Waals surface area contributed by atoms with Crippen molar-refractivity contribution in [2.45, 2.75) is 20.3 Å². The molecule has 0 radical (unpaired) electrons. The number of phenols is 1. The van der Waals surface area contributed by atoms with Crippen molar-refractivity contribution in [1.82, 2.24) is 5.32 Å². The van der Waals surface area contributed by atoms with E-state index in [4.69, 9.17) is 0 Å². The molecule has 1 aromatic carbocycles. The fourth-order valence-corrected chi connectivity index (χ4v) is 2.02. The summed E-state index contributed by atoms with van der Waals surface area (Å²) in [6.45, 7) is 4.90. The second-order valence-electron chi connectivity index (χ2n) is 3.49. The molecule has 0 saturated heterocycles. The Bertz CT molecular complexity index is 337. The molecule has 0 fully saturated rings. The lowest BCUT2D eigenvalue weighted by Gasteiger charge is -2.11. The van der Waals surface area contributed by atoms with Gasteiger partial charge in [0, 0.05) is 0 Å². The summed E-state index contributed by atoms with van der Waals surface area (Å²) in [7, 11) is 1.94. The number of phenolic OH excluding ortho intramolecular Hbond substituents is 1. The van der Waals surface area contributed by atoms with E-state index in [9.17, 15) is 5.11 Å². The number of halogens is 1. The highest BCUT2D eigenvalue weighted by Crippen LogP contribution is 2.33. The highest BCUT2D eigenvalue weighted by molar-refractivity contribution is 9.10. The van der Waals surface area contributed by atoms with Gasteiger partial charge < -0.3 is 10.4 Å². The Labute approximate surface area is 93.5 Å². The lowest BCUT2D eigenvalue weighted by atomic mass is 10.0. The van der Waals surface area contributed by atoms with E-state index in [1.54, 1.807) is 0 Å². The summed E-state index contributed by atoms with van der Waals surface area (Å²) in [5, 5.41) is 12.8. The standard InChI is InChI=1S/C11H16BrNO/c1-7-6-9(4-5-13-3)8(2)10(12)11(7)14/h6,13-14H,4-5H2,1-3H3. The SMILES string of the molecule is CNCCc1cc(C)c(O)c(Br)c1C. The van der Waals surface area contributed by atoms with Crippen LogP contribution < -0.4 is 5.32 Å². The fraction of sp³-hybridized carbons (Fsp3) is 0.455. The number of nitrogens with one attached hydrogen (secondary N) is 1. The van der Waals surface area contributed by atoms with Gasteiger partial charge in [0.25, 0.3) is 0 Å². The predicted molar refractivity (Wildman–Crippen MR) is 62.9 cm³/mol. The number of aromatic hydroxyl groups is 1. The molecule has 0 aromatic heterocycles. The van der Waals surface area contributed by atoms with Crippen molar-refractivity contribution in [2.24, 2.45) is 0 Å². The second kappa shape index (κ2) is 4.80. The van der Waals surface area contributed by atoms with Crippen LogP contribution in [0.15, 0.2) is 10.5 Å². The van der Waals surface area contributed by atoms with Gasteiger partial charge >= 0.3 is 0 Å². The Morgan fingerprint density at radius 1 is 1.43 bits per heavy atom. The number of hydrogen-bond acceptors (Lipinski definition) is 2. The quantitative estimate of drug-likeness (QED) is 0.873. The summed E-state index contributed by atoms with van der Waals surface area (Å²) in [5.74, 6) is 0.357. The zero-order valence-electron chi connectivity index (χ0n) is 8.82. The Hall–Kier alpha value is -0.540. The van der Waals surface area contributed by atoms with E-state index in [-0.39, 0.29) is 0 Å². The van der Waals surface area contributed by atoms with Gasteiger partial charge in [0.2, 0.25) is 0 Å². The van der Waals surface area contributed by atoms with Crippen molar-refractivity contribution in [3.8, 4) is 5.75 Å². The van der Waals surface area contributed by atoms with Gasteiger partial charge in [-0.1, -0.05) is 6.07 Å². The first kappa shape index (κ1) is 11.5. The zero-order valence-corrected chi connectivity index (χ0v) is 10.4. The molecule has 0 aliphatic heterocycles. The lowest BCUT2D eigenvalue weighted by molar-refractivity contribution is 0.466. The molecule has 0 saturated carbocycles. The Morgan fingerprint density at radius 3 is 2.64 bits per heavy atom. The van der Waals surface area contributed by atoms with Crippen LogP contribution in [-0.2, 0) is 6.42 Å². The third-order valence-electron chi connectivity index (χ3n) is 2.43. The van der Waals surface area contributed by atoms with E-state index in [0.717, 1.165) is 28.6 Å². The molecule has 0 atom stereocenters. The van der Waals surface area contributed by atoms with Gasteiger partial charge in [-0.2, -0.15) is 0 Å². The smallest absolute Gasteiger partial charge is 0.132 e. The molecule has 0 aliphatic carbocycles. The van der Waals surface area contributed by atoms with Gasteiger partial charge in [-0.15, -0.1) is 0 Å². The maximum absolute atomic E-state index is 9.67. The van der Waals surface area contributed by atoms with Crippen LogP contribution in [0.4, 0.5) is 0 Å². The van der Waals surface area contributed by atoms with Gasteiger partial charge in [0.1, 0.15) is 5.75 Å². The summed E-state index contributed by atoms with van der Waals surface area (Å²) < 4.78 is 0.823. The molecule has 0 amide bonds. The molecule has 0 unspecified atom stereocenters. The molecule has 0 heterocycles. The maximum Gasteiger partial charge on any atom is 0.132 e. The molecular weight excluding hydrogens is 242 g/mol. The number of rotatable bonds is 3. The molecule has 3 heteroatoms. The number of benzene rings is 1. The highest BCUT2D eigenvalue weighted by atomic mass is 79.9. The van der Waals surface area contributed by atoms with E-state index < -0.39 is 0 Å². The number of likely N-dealkylation sites (N-methyl/N-ethyl adjacent to an activating group) is 1. The molecule has 14 heavy (non-hydrogen) atoms. The minimum atomic E-state index is 0.357. The van der Waals surface area contributed by atoms with Crippen molar-refractivity contribution in [3.05, 3.63) is 27.2 Å². The molecule has 1 aromatic rings. The Balaban J connectivity index is 3.06. The minimum Gasteiger partial charge on any atom is -0.506 e. The van der Waals surface area contributed by atoms with E-state index in [2.05, 4.69) is 21.2 Å². The first-order chi connectivity index (χ1) is 6.57. The molecule has 0 spiro atoms. The van der Waals surface area contributed by atoms with E-state index in [1.807, 2.05) is 27.0 Å². The summed E-state index contributed by atoms with van der Waals surface area (Å²) in [5.41, 5.74) is 3.33. The molecular formula is C11H16BrNO. The molecule has 2 N–H and O–H groups in total. The fourth-order valence-electron chi connectivity index (χ4n) is 1.45. The van der Waals surface area contributed by atoms with Crippen molar-refractivity contribution in [2.75, 3.05) is 13.6 Å². The largest absolute Gasteiger partial charge is 0.506 e. The number of hydrogen-bond donors (Lipinski definition) is 2. The van der Waals surface area contributed by atoms with Crippen LogP contribution in [0.25, 0.3) is 0 Å². The zero-order chi connectivity index (χ0) is 10.7. The van der Waals surface area contributed by atoms with Gasteiger partial charge in [-0.3, -0.25) is 0 Å². The monoisotopic (exact) mass is 257 g/mol. The van der Waals surface area contributed by atoms with Gasteiger partial charge in [0.15, 0.2) is 0 Å². The van der Waals surface area contributed by atoms with Gasteiger partial charge in [0.05, 0.1) is 4.47 Å². The topological polar surface area (TPSA) is 32.3 Å². The van der Waals surface area contributed by atoms with E-state index >= 15 is 0 Å². The predicted octanol–water partition coefficient (Wildman–Crippen LogP) is 2.53. The van der Waals surface area contributed by atoms with Gasteiger partial charge in [-0.05, 0) is 66.5 Å². The van der Waals surface area contributed by atoms with Crippen molar-refractivity contribution < 1.29 is 5.11 Å². The summed E-state index contributed by atoms with van der Waals surface area (Å²) in [4.78, 5) is 0. The van der Waals surface area contributed by atoms with Crippen molar-refractivity contribution in [1.29, 1.82) is 0 Å². The third kappa shape index (κ3) is 2.28. The molecule has 0 aliphatic rings. The van der Waals surface area contributed by atoms with E-state index in [1.165, 1.54) is 5.56 Å². The minimum absolute atomic E-state index is 0.357. The molecule has 1 rings (SSSR count). The lowest BCUT2D eigenvalue weighted by Crippen LogP contribution is -2.11. The molecule has 0 bridgehead atoms. The Morgan fingerprint density at radius 2 is 2.07 bits per heavy atom. The third-order valence-corrected chi connectivity index (χ3v) is 3.40. The molecule has 2 nitrogen and oxygen atoms in total. The van der Waals surface area contributed by atoms with Crippen molar-refractivity contribution in [3.63, 3.8) is 0 Å². The van der Waals surface area contributed by atoms with Crippen LogP contribution in [0.1, 0.15) is 16.7 Å². The van der Waals surface area contributed by atoms with Crippen molar-refractivity contribution >= 4 is 15.9 Å². The average Bonchev–Trinajstić information content (AvgIpc) is 2.18. The van der Waals surface area contributed by atoms with Crippen LogP contribution in [0.5, 0.6) is 5.75 Å². The maximum atomic E-state index is 9.67. The average molecular weight is 258 g/mol. The molecule has 78 valence electrons. The van der Waals surface area contributed by atoms with E-state index in [0.29, 0.717) is 5.75 Å². The summed E-state index contributed by atoms with van der Waals surface area (Å²) in [6.07, 6.45) is 0.988. The normalized spacial score (nSPS) is 10.6.